The molecule has 1 aliphatic rings. The molecule has 192 valence electrons. The number of amides is 1. The van der Waals surface area contributed by atoms with E-state index in [1.54, 1.807) is 32.9 Å². The third-order valence-corrected chi connectivity index (χ3v) is 7.40. The lowest BCUT2D eigenvalue weighted by atomic mass is 10.1. The number of aryl methyl sites for hydroxylation is 2. The van der Waals surface area contributed by atoms with Crippen LogP contribution >= 0.6 is 0 Å². The van der Waals surface area contributed by atoms with E-state index in [1.165, 1.54) is 15.3 Å². The van der Waals surface area contributed by atoms with Gasteiger partial charge in [0.25, 0.3) is 0 Å². The summed E-state index contributed by atoms with van der Waals surface area (Å²) in [7, 11) is -3.99. The number of tetrazole rings is 1. The second-order valence-corrected chi connectivity index (χ2v) is 11.6. The number of benzene rings is 2. The van der Waals surface area contributed by atoms with Crippen LogP contribution in [0.15, 0.2) is 41.3 Å². The molecule has 0 radical (unpaired) electrons. The van der Waals surface area contributed by atoms with E-state index in [0.29, 0.717) is 11.3 Å². The number of ether oxygens (including phenoxy) is 2. The number of H-pyrrole nitrogens is 1. The molecule has 0 saturated carbocycles. The van der Waals surface area contributed by atoms with Gasteiger partial charge < -0.3 is 14.4 Å². The molecule has 3 aromatic rings. The summed E-state index contributed by atoms with van der Waals surface area (Å²) in [5, 5.41) is 13.9. The monoisotopic (exact) mass is 514 g/mol. The van der Waals surface area contributed by atoms with Crippen molar-refractivity contribution >= 4 is 16.1 Å². The van der Waals surface area contributed by atoms with Crippen LogP contribution in [-0.2, 0) is 14.8 Å². The van der Waals surface area contributed by atoms with Gasteiger partial charge >= 0.3 is 6.09 Å². The first-order valence-electron chi connectivity index (χ1n) is 11.5. The first-order chi connectivity index (χ1) is 16.9. The first-order valence-corrected chi connectivity index (χ1v) is 13.0. The molecule has 1 fully saturated rings. The Morgan fingerprint density at radius 2 is 1.67 bits per heavy atom. The third kappa shape index (κ3) is 5.82. The summed E-state index contributed by atoms with van der Waals surface area (Å²) in [4.78, 5) is 13.9. The van der Waals surface area contributed by atoms with Crippen molar-refractivity contribution in [3.8, 4) is 22.9 Å². The number of piperazine rings is 1. The Bertz CT molecular complexity index is 1320. The normalized spacial score (nSPS) is 15.1. The van der Waals surface area contributed by atoms with Gasteiger partial charge in [-0.05, 0) is 81.3 Å². The fourth-order valence-electron chi connectivity index (χ4n) is 3.91. The maximum atomic E-state index is 13.8. The van der Waals surface area contributed by atoms with Gasteiger partial charge in [-0.2, -0.15) is 9.52 Å². The number of hydrogen-bond acceptors (Lipinski definition) is 8. The highest BCUT2D eigenvalue weighted by atomic mass is 32.2. The van der Waals surface area contributed by atoms with Crippen molar-refractivity contribution in [3.05, 3.63) is 47.5 Å². The Balaban J connectivity index is 1.64. The molecule has 4 rings (SSSR count). The topological polar surface area (TPSA) is 131 Å². The molecule has 1 N–H and O–H groups in total. The Kier molecular flexibility index (Phi) is 7.01. The van der Waals surface area contributed by atoms with Crippen LogP contribution < -0.4 is 4.74 Å². The zero-order valence-corrected chi connectivity index (χ0v) is 21.8. The second-order valence-electron chi connectivity index (χ2n) is 9.69. The Hall–Kier alpha value is -3.51. The van der Waals surface area contributed by atoms with E-state index < -0.39 is 21.7 Å². The van der Waals surface area contributed by atoms with Gasteiger partial charge in [0, 0.05) is 31.7 Å². The third-order valence-electron chi connectivity index (χ3n) is 5.48. The summed E-state index contributed by atoms with van der Waals surface area (Å²) >= 11 is 0. The summed E-state index contributed by atoms with van der Waals surface area (Å²) in [5.74, 6) is 0.979. The van der Waals surface area contributed by atoms with Gasteiger partial charge in [0.15, 0.2) is 0 Å². The van der Waals surface area contributed by atoms with Gasteiger partial charge in [0.2, 0.25) is 15.8 Å². The predicted octanol–water partition coefficient (Wildman–Crippen LogP) is 3.52. The predicted molar refractivity (Wildman–Crippen MR) is 132 cm³/mol. The molecular weight excluding hydrogens is 484 g/mol. The standard InChI is InChI=1S/C24H30N6O5S/c1-16-12-17(2)14-19(13-16)34-20-7-6-18(22-25-27-28-26-22)15-21(20)36(32,33)30-10-8-29(9-11-30)23(31)35-24(3,4)5/h6-7,12-15H,8-11H2,1-5H3,(H,25,26,27,28). The summed E-state index contributed by atoms with van der Waals surface area (Å²) < 4.78 is 40.5. The number of aromatic nitrogens is 4. The van der Waals surface area contributed by atoms with Crippen molar-refractivity contribution < 1.29 is 22.7 Å². The van der Waals surface area contributed by atoms with Crippen LogP contribution in [0.3, 0.4) is 0 Å². The second kappa shape index (κ2) is 9.86. The smallest absolute Gasteiger partial charge is 0.410 e. The van der Waals surface area contributed by atoms with Crippen molar-refractivity contribution in [2.75, 3.05) is 26.2 Å². The lowest BCUT2D eigenvalue weighted by molar-refractivity contribution is 0.0192. The van der Waals surface area contributed by atoms with Crippen LogP contribution in [-0.4, -0.2) is 76.1 Å². The molecule has 1 saturated heterocycles. The number of nitrogens with one attached hydrogen (secondary N) is 1. The Labute approximate surface area is 210 Å². The number of sulfonamides is 1. The van der Waals surface area contributed by atoms with Gasteiger partial charge in [-0.3, -0.25) is 0 Å². The Morgan fingerprint density at radius 3 is 2.25 bits per heavy atom. The van der Waals surface area contributed by atoms with Crippen molar-refractivity contribution in [1.82, 2.24) is 29.8 Å². The van der Waals surface area contributed by atoms with Gasteiger partial charge in [-0.25, -0.2) is 13.2 Å². The molecule has 1 aromatic heterocycles. The molecule has 11 nitrogen and oxygen atoms in total. The van der Waals surface area contributed by atoms with E-state index >= 15 is 0 Å². The molecule has 2 aromatic carbocycles. The summed E-state index contributed by atoms with van der Waals surface area (Å²) in [6.45, 7) is 9.94. The van der Waals surface area contributed by atoms with Crippen molar-refractivity contribution in [3.63, 3.8) is 0 Å². The quantitative estimate of drug-likeness (QED) is 0.547. The molecule has 1 aliphatic heterocycles. The van der Waals surface area contributed by atoms with Crippen LogP contribution in [0, 0.1) is 13.8 Å². The molecule has 12 heteroatoms. The highest BCUT2D eigenvalue weighted by molar-refractivity contribution is 7.89. The van der Waals surface area contributed by atoms with Crippen LogP contribution in [0.4, 0.5) is 4.79 Å². The molecule has 36 heavy (non-hydrogen) atoms. The zero-order chi connectivity index (χ0) is 26.1. The summed E-state index contributed by atoms with van der Waals surface area (Å²) in [6, 6.07) is 10.5. The fourth-order valence-corrected chi connectivity index (χ4v) is 5.47. The molecule has 2 heterocycles. The Morgan fingerprint density at radius 1 is 1.00 bits per heavy atom. The van der Waals surface area contributed by atoms with Crippen LogP contribution in [0.25, 0.3) is 11.4 Å². The number of carbonyl (C=O) groups excluding carboxylic acids is 1. The molecule has 0 bridgehead atoms. The largest absolute Gasteiger partial charge is 0.456 e. The minimum Gasteiger partial charge on any atom is -0.456 e. The summed E-state index contributed by atoms with van der Waals surface area (Å²) in [6.07, 6.45) is -0.461. The van der Waals surface area contributed by atoms with Gasteiger partial charge in [0.05, 0.1) is 0 Å². The van der Waals surface area contributed by atoms with Gasteiger partial charge in [-0.15, -0.1) is 10.2 Å². The van der Waals surface area contributed by atoms with Crippen LogP contribution in [0.2, 0.25) is 0 Å². The van der Waals surface area contributed by atoms with E-state index in [9.17, 15) is 13.2 Å². The lowest BCUT2D eigenvalue weighted by Crippen LogP contribution is -2.51. The van der Waals surface area contributed by atoms with Crippen molar-refractivity contribution in [2.45, 2.75) is 45.1 Å². The highest BCUT2D eigenvalue weighted by Gasteiger charge is 2.34. The average molecular weight is 515 g/mol. The van der Waals surface area contributed by atoms with Crippen molar-refractivity contribution in [1.29, 1.82) is 0 Å². The van der Waals surface area contributed by atoms with E-state index in [2.05, 4.69) is 20.6 Å². The maximum Gasteiger partial charge on any atom is 0.410 e. The van der Waals surface area contributed by atoms with Crippen LogP contribution in [0.1, 0.15) is 31.9 Å². The lowest BCUT2D eigenvalue weighted by Gasteiger charge is -2.35. The fraction of sp³-hybridized carbons (Fsp3) is 0.417. The highest BCUT2D eigenvalue weighted by Crippen LogP contribution is 2.35. The number of aromatic amines is 1. The van der Waals surface area contributed by atoms with Crippen molar-refractivity contribution in [2.24, 2.45) is 0 Å². The minimum absolute atomic E-state index is 0.0188. The molecule has 0 unspecified atom stereocenters. The minimum atomic E-state index is -3.99. The zero-order valence-electron chi connectivity index (χ0n) is 21.0. The summed E-state index contributed by atoms with van der Waals surface area (Å²) in [5.41, 5.74) is 1.84. The molecule has 0 atom stereocenters. The SMILES string of the molecule is Cc1cc(C)cc(Oc2ccc(-c3nn[nH]n3)cc2S(=O)(=O)N2CCN(C(=O)OC(C)(C)C)CC2)c1. The number of nitrogens with zero attached hydrogens (tertiary/aromatic N) is 5. The number of hydrogen-bond donors (Lipinski definition) is 1. The van der Waals surface area contributed by atoms with E-state index in [-0.39, 0.29) is 42.6 Å². The van der Waals surface area contributed by atoms with E-state index in [0.717, 1.165) is 11.1 Å². The molecule has 0 spiro atoms. The molecule has 0 aliphatic carbocycles. The van der Waals surface area contributed by atoms with E-state index in [4.69, 9.17) is 9.47 Å². The first kappa shape index (κ1) is 25.6. The van der Waals surface area contributed by atoms with Gasteiger partial charge in [0.1, 0.15) is 22.0 Å². The number of carbonyl (C=O) groups is 1. The van der Waals surface area contributed by atoms with Crippen LogP contribution in [0.5, 0.6) is 11.5 Å². The average Bonchev–Trinajstić information content (AvgIpc) is 3.32. The molecule has 1 amide bonds. The molecular formula is C24H30N6O5S. The van der Waals surface area contributed by atoms with E-state index in [1.807, 2.05) is 32.0 Å². The number of rotatable bonds is 5. The maximum absolute atomic E-state index is 13.8. The van der Waals surface area contributed by atoms with Gasteiger partial charge in [-0.1, -0.05) is 6.07 Å².